The molecule has 0 aromatic carbocycles. The summed E-state index contributed by atoms with van der Waals surface area (Å²) in [6.07, 6.45) is 2.93. The van der Waals surface area contributed by atoms with Gasteiger partial charge in [0.1, 0.15) is 5.60 Å². The quantitative estimate of drug-likeness (QED) is 0.782. The van der Waals surface area contributed by atoms with E-state index in [-0.39, 0.29) is 23.1 Å². The van der Waals surface area contributed by atoms with Gasteiger partial charge in [-0.15, -0.1) is 0 Å². The molecule has 0 N–H and O–H groups in total. The van der Waals surface area contributed by atoms with E-state index in [4.69, 9.17) is 16.3 Å². The lowest BCUT2D eigenvalue weighted by atomic mass is 10.1. The summed E-state index contributed by atoms with van der Waals surface area (Å²) in [6.45, 7) is 8.24. The standard InChI is InChI=1S/C15H22ClN3O3/c1-10(20)12-9-19(17-13(12)16)11-5-7-18(8-6-11)14(21)22-15(2,3)4/h9,11H,5-8H2,1-4H3. The molecule has 0 aliphatic carbocycles. The average Bonchev–Trinajstić information content (AvgIpc) is 2.79. The summed E-state index contributed by atoms with van der Waals surface area (Å²) in [7, 11) is 0. The molecule has 0 atom stereocenters. The first-order chi connectivity index (χ1) is 10.2. The van der Waals surface area contributed by atoms with Crippen molar-refractivity contribution in [1.29, 1.82) is 0 Å². The summed E-state index contributed by atoms with van der Waals surface area (Å²) < 4.78 is 7.11. The van der Waals surface area contributed by atoms with E-state index in [1.807, 2.05) is 20.8 Å². The number of nitrogens with zero attached hydrogens (tertiary/aromatic N) is 3. The van der Waals surface area contributed by atoms with Crippen LogP contribution in [-0.4, -0.2) is 45.2 Å². The van der Waals surface area contributed by atoms with Crippen LogP contribution in [0.3, 0.4) is 0 Å². The third kappa shape index (κ3) is 4.00. The molecule has 1 aromatic heterocycles. The Kier molecular flexibility index (Phi) is 4.80. The Morgan fingerprint density at radius 3 is 2.36 bits per heavy atom. The van der Waals surface area contributed by atoms with E-state index in [9.17, 15) is 9.59 Å². The van der Waals surface area contributed by atoms with Crippen LogP contribution < -0.4 is 0 Å². The molecule has 2 heterocycles. The second-order valence-electron chi connectivity index (χ2n) is 6.57. The number of amides is 1. The molecule has 7 heteroatoms. The van der Waals surface area contributed by atoms with Gasteiger partial charge in [0.25, 0.3) is 0 Å². The van der Waals surface area contributed by atoms with Gasteiger partial charge in [-0.05, 0) is 40.5 Å². The first kappa shape index (κ1) is 16.8. The van der Waals surface area contributed by atoms with Crippen molar-refractivity contribution < 1.29 is 14.3 Å². The minimum absolute atomic E-state index is 0.0950. The van der Waals surface area contributed by atoms with Crippen molar-refractivity contribution in [3.63, 3.8) is 0 Å². The van der Waals surface area contributed by atoms with Gasteiger partial charge < -0.3 is 9.64 Å². The molecule has 122 valence electrons. The first-order valence-electron chi connectivity index (χ1n) is 7.41. The van der Waals surface area contributed by atoms with Crippen LogP contribution in [0.25, 0.3) is 0 Å². The van der Waals surface area contributed by atoms with Crippen molar-refractivity contribution >= 4 is 23.5 Å². The maximum Gasteiger partial charge on any atom is 0.410 e. The molecule has 6 nitrogen and oxygen atoms in total. The van der Waals surface area contributed by atoms with E-state index in [0.29, 0.717) is 18.7 Å². The maximum atomic E-state index is 12.0. The van der Waals surface area contributed by atoms with Gasteiger partial charge in [0.2, 0.25) is 0 Å². The number of carbonyl (C=O) groups excluding carboxylic acids is 2. The van der Waals surface area contributed by atoms with Crippen molar-refractivity contribution in [3.8, 4) is 0 Å². The Morgan fingerprint density at radius 2 is 1.91 bits per heavy atom. The number of ether oxygens (including phenoxy) is 1. The van der Waals surface area contributed by atoms with Gasteiger partial charge in [0, 0.05) is 19.3 Å². The number of Topliss-reactive ketones (excluding diaryl/α,β-unsaturated/α-hetero) is 1. The number of halogens is 1. The Labute approximate surface area is 135 Å². The van der Waals surface area contributed by atoms with Crippen LogP contribution >= 0.6 is 11.6 Å². The summed E-state index contributed by atoms with van der Waals surface area (Å²) >= 11 is 5.97. The van der Waals surface area contributed by atoms with Crippen molar-refractivity contribution in [2.75, 3.05) is 13.1 Å². The predicted molar refractivity (Wildman–Crippen MR) is 83.3 cm³/mol. The lowest BCUT2D eigenvalue weighted by Crippen LogP contribution is -2.42. The second kappa shape index (κ2) is 6.28. The Morgan fingerprint density at radius 1 is 1.32 bits per heavy atom. The van der Waals surface area contributed by atoms with Crippen molar-refractivity contribution in [1.82, 2.24) is 14.7 Å². The number of likely N-dealkylation sites (tertiary alicyclic amines) is 1. The van der Waals surface area contributed by atoms with Crippen LogP contribution in [0.1, 0.15) is 56.9 Å². The lowest BCUT2D eigenvalue weighted by molar-refractivity contribution is 0.0185. The van der Waals surface area contributed by atoms with Crippen molar-refractivity contribution in [3.05, 3.63) is 16.9 Å². The molecule has 1 fully saturated rings. The zero-order valence-electron chi connectivity index (χ0n) is 13.4. The summed E-state index contributed by atoms with van der Waals surface area (Å²) in [5.74, 6) is -0.0950. The van der Waals surface area contributed by atoms with Crippen LogP contribution in [0.5, 0.6) is 0 Å². The average molecular weight is 328 g/mol. The largest absolute Gasteiger partial charge is 0.444 e. The van der Waals surface area contributed by atoms with E-state index in [1.165, 1.54) is 6.92 Å². The number of aromatic nitrogens is 2. The number of hydrogen-bond acceptors (Lipinski definition) is 4. The van der Waals surface area contributed by atoms with Crippen LogP contribution in [0, 0.1) is 0 Å². The maximum absolute atomic E-state index is 12.0. The molecule has 0 bridgehead atoms. The van der Waals surface area contributed by atoms with Gasteiger partial charge in [-0.3, -0.25) is 9.48 Å². The van der Waals surface area contributed by atoms with E-state index in [1.54, 1.807) is 15.8 Å². The molecule has 1 amide bonds. The topological polar surface area (TPSA) is 64.4 Å². The van der Waals surface area contributed by atoms with Crippen LogP contribution in [0.2, 0.25) is 5.15 Å². The first-order valence-corrected chi connectivity index (χ1v) is 7.78. The van der Waals surface area contributed by atoms with E-state index in [0.717, 1.165) is 12.8 Å². The van der Waals surface area contributed by atoms with Crippen molar-refractivity contribution in [2.45, 2.75) is 52.2 Å². The summed E-state index contributed by atoms with van der Waals surface area (Å²) in [5.41, 5.74) is -0.0453. The SMILES string of the molecule is CC(=O)c1cn(C2CCN(C(=O)OC(C)(C)C)CC2)nc1Cl. The van der Waals surface area contributed by atoms with Crippen LogP contribution in [-0.2, 0) is 4.74 Å². The number of hydrogen-bond donors (Lipinski definition) is 0. The fourth-order valence-corrected chi connectivity index (χ4v) is 2.70. The lowest BCUT2D eigenvalue weighted by Gasteiger charge is -2.33. The minimum Gasteiger partial charge on any atom is -0.444 e. The summed E-state index contributed by atoms with van der Waals surface area (Å²) in [5, 5.41) is 4.45. The summed E-state index contributed by atoms with van der Waals surface area (Å²) in [6, 6.07) is 0.143. The second-order valence-corrected chi connectivity index (χ2v) is 6.93. The zero-order chi connectivity index (χ0) is 16.5. The summed E-state index contributed by atoms with van der Waals surface area (Å²) in [4.78, 5) is 25.2. The zero-order valence-corrected chi connectivity index (χ0v) is 14.2. The normalized spacial score (nSPS) is 16.7. The highest BCUT2D eigenvalue weighted by molar-refractivity contribution is 6.32. The van der Waals surface area contributed by atoms with Gasteiger partial charge in [-0.25, -0.2) is 4.79 Å². The molecule has 0 saturated carbocycles. The molecule has 0 unspecified atom stereocenters. The number of ketones is 1. The molecule has 1 saturated heterocycles. The Balaban J connectivity index is 1.96. The molecule has 0 spiro atoms. The van der Waals surface area contributed by atoms with E-state index >= 15 is 0 Å². The van der Waals surface area contributed by atoms with Gasteiger partial charge in [-0.1, -0.05) is 11.6 Å². The van der Waals surface area contributed by atoms with Crippen molar-refractivity contribution in [2.24, 2.45) is 0 Å². The highest BCUT2D eigenvalue weighted by Crippen LogP contribution is 2.25. The van der Waals surface area contributed by atoms with Gasteiger partial charge in [0.05, 0.1) is 11.6 Å². The fraction of sp³-hybridized carbons (Fsp3) is 0.667. The third-order valence-electron chi connectivity index (χ3n) is 3.56. The molecule has 2 rings (SSSR count). The molecule has 0 radical (unpaired) electrons. The number of rotatable bonds is 2. The van der Waals surface area contributed by atoms with E-state index in [2.05, 4.69) is 5.10 Å². The smallest absolute Gasteiger partial charge is 0.410 e. The Bertz CT molecular complexity index is 569. The predicted octanol–water partition coefficient (Wildman–Crippen LogP) is 3.31. The van der Waals surface area contributed by atoms with Crippen LogP contribution in [0.15, 0.2) is 6.20 Å². The number of carbonyl (C=O) groups is 2. The van der Waals surface area contributed by atoms with E-state index < -0.39 is 5.60 Å². The number of piperidine rings is 1. The molecule has 1 aliphatic heterocycles. The highest BCUT2D eigenvalue weighted by atomic mass is 35.5. The highest BCUT2D eigenvalue weighted by Gasteiger charge is 2.28. The minimum atomic E-state index is -0.486. The van der Waals surface area contributed by atoms with Gasteiger partial charge in [-0.2, -0.15) is 5.10 Å². The molecule has 22 heavy (non-hydrogen) atoms. The van der Waals surface area contributed by atoms with Gasteiger partial charge >= 0.3 is 6.09 Å². The molecular weight excluding hydrogens is 306 g/mol. The molecule has 1 aliphatic rings. The van der Waals surface area contributed by atoms with Gasteiger partial charge in [0.15, 0.2) is 10.9 Å². The van der Waals surface area contributed by atoms with Crippen LogP contribution in [0.4, 0.5) is 4.79 Å². The fourth-order valence-electron chi connectivity index (χ4n) is 2.43. The third-order valence-corrected chi connectivity index (χ3v) is 3.84. The monoisotopic (exact) mass is 327 g/mol. The molecular formula is C15H22ClN3O3. The Hall–Kier alpha value is -1.56. The molecule has 1 aromatic rings.